The van der Waals surface area contributed by atoms with Gasteiger partial charge in [-0.3, -0.25) is 0 Å². The van der Waals surface area contributed by atoms with Gasteiger partial charge in [0.05, 0.1) is 33.0 Å². The summed E-state index contributed by atoms with van der Waals surface area (Å²) in [5.74, 6) is 3.13. The molecular weight excluding hydrogens is 342 g/mol. The topological polar surface area (TPSA) is 49.0 Å². The summed E-state index contributed by atoms with van der Waals surface area (Å²) in [7, 11) is 1.67. The van der Waals surface area contributed by atoms with Crippen molar-refractivity contribution in [1.29, 1.82) is 0 Å². The van der Waals surface area contributed by atoms with Crippen LogP contribution in [0.1, 0.15) is 43.5 Å². The van der Waals surface area contributed by atoms with Crippen molar-refractivity contribution >= 4 is 0 Å². The molecule has 0 saturated carbocycles. The third kappa shape index (κ3) is 4.14. The van der Waals surface area contributed by atoms with E-state index in [1.807, 2.05) is 26.8 Å². The maximum Gasteiger partial charge on any atom is 0.161 e. The zero-order valence-corrected chi connectivity index (χ0v) is 16.6. The molecule has 0 radical (unpaired) electrons. The molecule has 146 valence electrons. The minimum atomic E-state index is 0.0770. The summed E-state index contributed by atoms with van der Waals surface area (Å²) < 4.78 is 22.8. The van der Waals surface area contributed by atoms with Crippen molar-refractivity contribution < 1.29 is 18.9 Å². The van der Waals surface area contributed by atoms with Crippen molar-refractivity contribution in [3.63, 3.8) is 0 Å². The first-order valence-electron chi connectivity index (χ1n) is 9.68. The predicted octanol–water partition coefficient (Wildman–Crippen LogP) is 4.13. The van der Waals surface area contributed by atoms with E-state index in [1.54, 1.807) is 7.11 Å². The average Bonchev–Trinajstić information content (AvgIpc) is 2.69. The number of rotatable bonds is 8. The number of hydrogen-bond acceptors (Lipinski definition) is 5. The average molecular weight is 371 g/mol. The van der Waals surface area contributed by atoms with E-state index >= 15 is 0 Å². The Kier molecular flexibility index (Phi) is 6.45. The first-order valence-corrected chi connectivity index (χ1v) is 9.68. The minimum absolute atomic E-state index is 0.0770. The van der Waals surface area contributed by atoms with Crippen LogP contribution in [0.2, 0.25) is 0 Å². The van der Waals surface area contributed by atoms with Crippen LogP contribution >= 0.6 is 0 Å². The molecule has 1 heterocycles. The van der Waals surface area contributed by atoms with E-state index in [-0.39, 0.29) is 6.04 Å². The first kappa shape index (κ1) is 19.4. The summed E-state index contributed by atoms with van der Waals surface area (Å²) in [6.45, 7) is 8.70. The lowest BCUT2D eigenvalue weighted by molar-refractivity contribution is 0.286. The normalized spacial score (nSPS) is 15.8. The molecule has 5 heteroatoms. The Labute approximate surface area is 161 Å². The summed E-state index contributed by atoms with van der Waals surface area (Å²) >= 11 is 0. The zero-order valence-electron chi connectivity index (χ0n) is 16.6. The number of nitrogens with one attached hydrogen (secondary N) is 1. The molecule has 5 nitrogen and oxygen atoms in total. The molecule has 2 aromatic rings. The van der Waals surface area contributed by atoms with E-state index in [4.69, 9.17) is 18.9 Å². The van der Waals surface area contributed by atoms with Gasteiger partial charge in [0.15, 0.2) is 23.0 Å². The van der Waals surface area contributed by atoms with Crippen LogP contribution in [0.25, 0.3) is 0 Å². The molecule has 1 aliphatic rings. The summed E-state index contributed by atoms with van der Waals surface area (Å²) in [4.78, 5) is 0. The molecule has 0 aliphatic carbocycles. The number of benzene rings is 2. The molecular formula is C22H29NO4. The van der Waals surface area contributed by atoms with Crippen LogP contribution < -0.4 is 24.3 Å². The third-order valence-electron chi connectivity index (χ3n) is 4.68. The van der Waals surface area contributed by atoms with E-state index in [1.165, 1.54) is 11.1 Å². The quantitative estimate of drug-likeness (QED) is 0.756. The van der Waals surface area contributed by atoms with Gasteiger partial charge in [0.2, 0.25) is 0 Å². The van der Waals surface area contributed by atoms with Gasteiger partial charge in [0.25, 0.3) is 0 Å². The lowest BCUT2D eigenvalue weighted by atomic mass is 9.89. The molecule has 3 rings (SSSR count). The lowest BCUT2D eigenvalue weighted by Gasteiger charge is -2.29. The predicted molar refractivity (Wildman–Crippen MR) is 106 cm³/mol. The van der Waals surface area contributed by atoms with Crippen molar-refractivity contribution in [3.8, 4) is 23.0 Å². The molecule has 1 aliphatic heterocycles. The van der Waals surface area contributed by atoms with Crippen molar-refractivity contribution in [3.05, 3.63) is 47.0 Å². The van der Waals surface area contributed by atoms with Gasteiger partial charge in [-0.2, -0.15) is 0 Å². The Morgan fingerprint density at radius 1 is 0.852 bits per heavy atom. The molecule has 27 heavy (non-hydrogen) atoms. The molecule has 1 atom stereocenters. The minimum Gasteiger partial charge on any atom is -0.493 e. The molecule has 0 unspecified atom stereocenters. The van der Waals surface area contributed by atoms with Gasteiger partial charge in [0.1, 0.15) is 0 Å². The van der Waals surface area contributed by atoms with Gasteiger partial charge >= 0.3 is 0 Å². The van der Waals surface area contributed by atoms with E-state index in [0.717, 1.165) is 41.5 Å². The van der Waals surface area contributed by atoms with Gasteiger partial charge in [0, 0.05) is 6.54 Å². The molecule has 2 aromatic carbocycles. The maximum absolute atomic E-state index is 5.84. The zero-order chi connectivity index (χ0) is 19.2. The van der Waals surface area contributed by atoms with E-state index in [2.05, 4.69) is 29.6 Å². The summed E-state index contributed by atoms with van der Waals surface area (Å²) in [6, 6.07) is 10.4. The fourth-order valence-corrected chi connectivity index (χ4v) is 3.54. The fourth-order valence-electron chi connectivity index (χ4n) is 3.54. The van der Waals surface area contributed by atoms with Crippen LogP contribution in [0.15, 0.2) is 30.3 Å². The highest BCUT2D eigenvalue weighted by Gasteiger charge is 2.25. The number of hydrogen-bond donors (Lipinski definition) is 1. The maximum atomic E-state index is 5.84. The van der Waals surface area contributed by atoms with Crippen molar-refractivity contribution in [2.75, 3.05) is 33.5 Å². The highest BCUT2D eigenvalue weighted by atomic mass is 16.5. The molecule has 1 N–H and O–H groups in total. The third-order valence-corrected chi connectivity index (χ3v) is 4.68. The SMILES string of the molecule is CCOc1ccc([C@H]2NCCc3cc(OCC)c(OCC)cc32)cc1OC. The van der Waals surface area contributed by atoms with Crippen LogP contribution in [-0.4, -0.2) is 33.5 Å². The second kappa shape index (κ2) is 9.00. The monoisotopic (exact) mass is 371 g/mol. The summed E-state index contributed by atoms with van der Waals surface area (Å²) in [5, 5.41) is 3.62. The van der Waals surface area contributed by atoms with Gasteiger partial charge in [-0.15, -0.1) is 0 Å². The Bertz CT molecular complexity index is 775. The lowest BCUT2D eigenvalue weighted by Crippen LogP contribution is -2.30. The van der Waals surface area contributed by atoms with Crippen LogP contribution in [0, 0.1) is 0 Å². The molecule has 0 spiro atoms. The molecule has 0 fully saturated rings. The van der Waals surface area contributed by atoms with E-state index in [0.29, 0.717) is 19.8 Å². The molecule has 0 bridgehead atoms. The van der Waals surface area contributed by atoms with Crippen molar-refractivity contribution in [2.45, 2.75) is 33.2 Å². The highest BCUT2D eigenvalue weighted by molar-refractivity contribution is 5.53. The molecule has 0 aromatic heterocycles. The molecule has 0 amide bonds. The Balaban J connectivity index is 2.01. The van der Waals surface area contributed by atoms with Gasteiger partial charge in [-0.25, -0.2) is 0 Å². The van der Waals surface area contributed by atoms with Crippen LogP contribution in [0.3, 0.4) is 0 Å². The smallest absolute Gasteiger partial charge is 0.161 e. The van der Waals surface area contributed by atoms with Crippen LogP contribution in [0.5, 0.6) is 23.0 Å². The van der Waals surface area contributed by atoms with E-state index in [9.17, 15) is 0 Å². The second-order valence-electron chi connectivity index (χ2n) is 6.34. The number of fused-ring (bicyclic) bond motifs is 1. The van der Waals surface area contributed by atoms with Crippen LogP contribution in [0.4, 0.5) is 0 Å². The first-order chi connectivity index (χ1) is 13.2. The van der Waals surface area contributed by atoms with Gasteiger partial charge in [-0.05, 0) is 68.1 Å². The number of ether oxygens (including phenoxy) is 4. The molecule has 0 saturated heterocycles. The second-order valence-corrected chi connectivity index (χ2v) is 6.34. The summed E-state index contributed by atoms with van der Waals surface area (Å²) in [5.41, 5.74) is 3.65. The Morgan fingerprint density at radius 3 is 2.19 bits per heavy atom. The Morgan fingerprint density at radius 2 is 1.52 bits per heavy atom. The van der Waals surface area contributed by atoms with Crippen molar-refractivity contribution in [1.82, 2.24) is 5.32 Å². The number of methoxy groups -OCH3 is 1. The van der Waals surface area contributed by atoms with E-state index < -0.39 is 0 Å². The van der Waals surface area contributed by atoms with Crippen LogP contribution in [-0.2, 0) is 6.42 Å². The largest absolute Gasteiger partial charge is 0.493 e. The van der Waals surface area contributed by atoms with Gasteiger partial charge < -0.3 is 24.3 Å². The van der Waals surface area contributed by atoms with Crippen molar-refractivity contribution in [2.24, 2.45) is 0 Å². The Hall–Kier alpha value is -2.40. The highest BCUT2D eigenvalue weighted by Crippen LogP contribution is 2.39. The summed E-state index contributed by atoms with van der Waals surface area (Å²) in [6.07, 6.45) is 0.965. The fraction of sp³-hybridized carbons (Fsp3) is 0.455. The standard InChI is InChI=1S/C22H29NO4/c1-5-25-18-9-8-16(13-19(18)24-4)22-17-14-21(27-7-3)20(26-6-2)12-15(17)10-11-23-22/h8-9,12-14,22-23H,5-7,10-11H2,1-4H3/t22-/m1/s1. The van der Waals surface area contributed by atoms with Gasteiger partial charge in [-0.1, -0.05) is 6.07 Å².